The number of aromatic hydroxyl groups is 1. The summed E-state index contributed by atoms with van der Waals surface area (Å²) >= 11 is 0. The molecule has 0 spiro atoms. The van der Waals surface area contributed by atoms with Crippen molar-refractivity contribution in [2.24, 2.45) is 5.73 Å². The maximum Gasteiger partial charge on any atom is 0.251 e. The lowest BCUT2D eigenvalue weighted by molar-refractivity contribution is -0.131. The summed E-state index contributed by atoms with van der Waals surface area (Å²) in [6.45, 7) is 2.34. The Morgan fingerprint density at radius 3 is 2.43 bits per heavy atom. The molecule has 0 aliphatic rings. The summed E-state index contributed by atoms with van der Waals surface area (Å²) < 4.78 is 0. The Morgan fingerprint density at radius 2 is 1.59 bits per heavy atom. The third-order valence-corrected chi connectivity index (χ3v) is 8.44. The third kappa shape index (κ3) is 8.86. The minimum atomic E-state index is -0.0807. The number of carbonyl (C=O) groups is 2. The number of phenols is 1. The van der Waals surface area contributed by atoms with E-state index in [1.807, 2.05) is 83.9 Å². The summed E-state index contributed by atoms with van der Waals surface area (Å²) in [6.07, 6.45) is 7.78. The fourth-order valence-corrected chi connectivity index (χ4v) is 5.87. The molecule has 0 atom stereocenters. The van der Waals surface area contributed by atoms with Crippen LogP contribution in [0.2, 0.25) is 0 Å². The number of rotatable bonds is 16. The minimum Gasteiger partial charge on any atom is -0.508 e. The molecular weight excluding hydrogens is 572 g/mol. The monoisotopic (exact) mass is 616 g/mol. The number of nitrogens with zero attached hydrogens (tertiary/aromatic N) is 1. The second-order valence-corrected chi connectivity index (χ2v) is 11.8. The van der Waals surface area contributed by atoms with Gasteiger partial charge in [0, 0.05) is 48.7 Å². The Bertz CT molecular complexity index is 1730. The first-order chi connectivity index (χ1) is 22.5. The number of H-pyrrole nitrogens is 1. The van der Waals surface area contributed by atoms with Crippen LogP contribution in [0.1, 0.15) is 59.2 Å². The highest BCUT2D eigenvalue weighted by atomic mass is 16.3. The van der Waals surface area contributed by atoms with E-state index in [9.17, 15) is 14.7 Å². The van der Waals surface area contributed by atoms with E-state index < -0.39 is 0 Å². The molecule has 0 unspecified atom stereocenters. The van der Waals surface area contributed by atoms with Crippen LogP contribution in [0.15, 0.2) is 103 Å². The van der Waals surface area contributed by atoms with Crippen molar-refractivity contribution in [2.45, 2.75) is 51.5 Å². The SMILES string of the molecule is NCCCCCCNC(=O)c1ccccc1-c1cccc(CN(CCc2ccc(O)cc2)C(=O)CCc2c[nH]c3ccccc23)c1. The molecule has 46 heavy (non-hydrogen) atoms. The molecule has 0 radical (unpaired) electrons. The van der Waals surface area contributed by atoms with Gasteiger partial charge in [-0.05, 0) is 90.4 Å². The molecule has 2 amide bonds. The van der Waals surface area contributed by atoms with E-state index in [-0.39, 0.29) is 17.6 Å². The molecule has 5 rings (SSSR count). The Labute approximate surface area is 271 Å². The molecule has 4 aromatic carbocycles. The predicted octanol–water partition coefficient (Wildman–Crippen LogP) is 6.99. The standard InChI is InChI=1S/C39H44N4O3/c40-23-7-1-2-8-24-41-39(46)36-14-4-3-12-34(36)31-11-9-10-30(26-31)28-43(25-22-29-16-19-33(44)20-17-29)38(45)21-18-32-27-42-37-15-6-5-13-35(32)37/h3-6,9-17,19-20,26-27,42,44H,1-2,7-8,18,21-25,28,40H2,(H,41,46). The summed E-state index contributed by atoms with van der Waals surface area (Å²) in [6, 6.07) is 31.1. The summed E-state index contributed by atoms with van der Waals surface area (Å²) in [5, 5.41) is 13.9. The van der Waals surface area contributed by atoms with Crippen molar-refractivity contribution >= 4 is 22.7 Å². The number of aromatic nitrogens is 1. The van der Waals surface area contributed by atoms with Crippen LogP contribution < -0.4 is 11.1 Å². The first kappa shape index (κ1) is 32.5. The molecule has 7 heteroatoms. The summed E-state index contributed by atoms with van der Waals surface area (Å²) in [7, 11) is 0. The normalized spacial score (nSPS) is 11.1. The molecule has 1 heterocycles. The second kappa shape index (κ2) is 16.4. The van der Waals surface area contributed by atoms with Crippen molar-refractivity contribution in [1.29, 1.82) is 0 Å². The molecular formula is C39H44N4O3. The lowest BCUT2D eigenvalue weighted by Crippen LogP contribution is -2.32. The second-order valence-electron chi connectivity index (χ2n) is 11.8. The number of amides is 2. The van der Waals surface area contributed by atoms with Crippen molar-refractivity contribution in [1.82, 2.24) is 15.2 Å². The van der Waals surface area contributed by atoms with E-state index >= 15 is 0 Å². The number of nitrogens with one attached hydrogen (secondary N) is 2. The average molecular weight is 617 g/mol. The van der Waals surface area contributed by atoms with Crippen molar-refractivity contribution < 1.29 is 14.7 Å². The van der Waals surface area contributed by atoms with Crippen molar-refractivity contribution in [2.75, 3.05) is 19.6 Å². The van der Waals surface area contributed by atoms with Gasteiger partial charge in [-0.25, -0.2) is 0 Å². The Kier molecular flexibility index (Phi) is 11.6. The average Bonchev–Trinajstić information content (AvgIpc) is 3.51. The van der Waals surface area contributed by atoms with E-state index in [1.165, 1.54) is 0 Å². The number of carbonyl (C=O) groups excluding carboxylic acids is 2. The van der Waals surface area contributed by atoms with Gasteiger partial charge in [0.25, 0.3) is 5.91 Å². The highest BCUT2D eigenvalue weighted by molar-refractivity contribution is 6.00. The maximum absolute atomic E-state index is 13.8. The number of unbranched alkanes of at least 4 members (excludes halogenated alkanes) is 3. The topological polar surface area (TPSA) is 111 Å². The van der Waals surface area contributed by atoms with Crippen LogP contribution in [0.25, 0.3) is 22.0 Å². The van der Waals surface area contributed by atoms with Gasteiger partial charge in [-0.1, -0.05) is 79.6 Å². The number of aryl methyl sites for hydroxylation is 1. The van der Waals surface area contributed by atoms with Crippen molar-refractivity contribution in [3.63, 3.8) is 0 Å². The van der Waals surface area contributed by atoms with Crippen LogP contribution in [0, 0.1) is 0 Å². The number of benzene rings is 4. The fourth-order valence-electron chi connectivity index (χ4n) is 5.87. The number of phenolic OH excluding ortho intramolecular Hbond substituents is 1. The van der Waals surface area contributed by atoms with Gasteiger partial charge in [-0.15, -0.1) is 0 Å². The molecule has 0 aliphatic heterocycles. The van der Waals surface area contributed by atoms with Gasteiger partial charge in [-0.3, -0.25) is 9.59 Å². The zero-order valence-corrected chi connectivity index (χ0v) is 26.4. The molecule has 0 saturated heterocycles. The molecule has 0 aliphatic carbocycles. The summed E-state index contributed by atoms with van der Waals surface area (Å²) in [5.74, 6) is 0.229. The van der Waals surface area contributed by atoms with E-state index in [0.29, 0.717) is 51.0 Å². The van der Waals surface area contributed by atoms with Gasteiger partial charge in [0.1, 0.15) is 5.75 Å². The smallest absolute Gasteiger partial charge is 0.251 e. The molecule has 0 saturated carbocycles. The Hall–Kier alpha value is -4.88. The van der Waals surface area contributed by atoms with Crippen LogP contribution in [0.3, 0.4) is 0 Å². The molecule has 238 valence electrons. The lowest BCUT2D eigenvalue weighted by atomic mass is 9.97. The number of fused-ring (bicyclic) bond motifs is 1. The number of para-hydroxylation sites is 1. The number of nitrogens with two attached hydrogens (primary N) is 1. The van der Waals surface area contributed by atoms with Gasteiger partial charge in [0.15, 0.2) is 0 Å². The van der Waals surface area contributed by atoms with Gasteiger partial charge < -0.3 is 26.0 Å². The van der Waals surface area contributed by atoms with Gasteiger partial charge in [-0.2, -0.15) is 0 Å². The van der Waals surface area contributed by atoms with E-state index in [0.717, 1.165) is 64.4 Å². The molecule has 5 aromatic rings. The van der Waals surface area contributed by atoms with Gasteiger partial charge in [0.2, 0.25) is 5.91 Å². The van der Waals surface area contributed by atoms with Crippen LogP contribution in [-0.2, 0) is 24.2 Å². The quantitative estimate of drug-likeness (QED) is 0.0895. The molecule has 0 fully saturated rings. The maximum atomic E-state index is 13.8. The fraction of sp³-hybridized carbons (Fsp3) is 0.282. The molecule has 0 bridgehead atoms. The molecule has 7 nitrogen and oxygen atoms in total. The molecule has 5 N–H and O–H groups in total. The number of hydrogen-bond acceptors (Lipinski definition) is 4. The molecule has 1 aromatic heterocycles. The van der Waals surface area contributed by atoms with E-state index in [4.69, 9.17) is 5.73 Å². The summed E-state index contributed by atoms with van der Waals surface area (Å²) in [5.41, 5.74) is 12.3. The zero-order valence-electron chi connectivity index (χ0n) is 26.4. The lowest BCUT2D eigenvalue weighted by Gasteiger charge is -2.24. The van der Waals surface area contributed by atoms with Gasteiger partial charge >= 0.3 is 0 Å². The highest BCUT2D eigenvalue weighted by Gasteiger charge is 2.17. The minimum absolute atomic E-state index is 0.0807. The number of aromatic amines is 1. The zero-order chi connectivity index (χ0) is 32.1. The first-order valence-corrected chi connectivity index (χ1v) is 16.3. The van der Waals surface area contributed by atoms with Crippen LogP contribution in [-0.4, -0.2) is 46.4 Å². The van der Waals surface area contributed by atoms with Crippen LogP contribution in [0.4, 0.5) is 0 Å². The third-order valence-electron chi connectivity index (χ3n) is 8.44. The van der Waals surface area contributed by atoms with E-state index in [2.05, 4.69) is 22.4 Å². The van der Waals surface area contributed by atoms with Gasteiger partial charge in [0.05, 0.1) is 0 Å². The van der Waals surface area contributed by atoms with Crippen LogP contribution >= 0.6 is 0 Å². The van der Waals surface area contributed by atoms with Crippen LogP contribution in [0.5, 0.6) is 5.75 Å². The first-order valence-electron chi connectivity index (χ1n) is 16.3. The summed E-state index contributed by atoms with van der Waals surface area (Å²) in [4.78, 5) is 32.2. The highest BCUT2D eigenvalue weighted by Crippen LogP contribution is 2.26. The van der Waals surface area contributed by atoms with Crippen molar-refractivity contribution in [3.05, 3.63) is 126 Å². The Morgan fingerprint density at radius 1 is 0.804 bits per heavy atom. The van der Waals surface area contributed by atoms with E-state index in [1.54, 1.807) is 12.1 Å². The number of hydrogen-bond donors (Lipinski definition) is 4. The Balaban J connectivity index is 1.30. The largest absolute Gasteiger partial charge is 0.508 e. The van der Waals surface area contributed by atoms with Crippen molar-refractivity contribution in [3.8, 4) is 16.9 Å². The predicted molar refractivity (Wildman–Crippen MR) is 186 cm³/mol.